The van der Waals surface area contributed by atoms with Crippen LogP contribution in [0.15, 0.2) is 123 Å². The van der Waals surface area contributed by atoms with Crippen molar-refractivity contribution in [2.75, 3.05) is 26.2 Å². The van der Waals surface area contributed by atoms with Crippen LogP contribution < -0.4 is 5.32 Å². The van der Waals surface area contributed by atoms with E-state index in [2.05, 4.69) is 118 Å². The molecule has 3 rings (SSSR count). The van der Waals surface area contributed by atoms with Gasteiger partial charge in [0.05, 0.1) is 12.2 Å². The summed E-state index contributed by atoms with van der Waals surface area (Å²) in [7, 11) is 0. The molecule has 1 aliphatic heterocycles. The Hall–Kier alpha value is -3.49. The molecule has 0 bridgehead atoms. The van der Waals surface area contributed by atoms with Crippen molar-refractivity contribution in [1.29, 1.82) is 0 Å². The average molecular weight is 569 g/mol. The zero-order valence-electron chi connectivity index (χ0n) is 25.3. The van der Waals surface area contributed by atoms with Crippen molar-refractivity contribution in [3.8, 4) is 23.5 Å². The molecule has 0 radical (unpaired) electrons. The van der Waals surface area contributed by atoms with Crippen LogP contribution in [0.1, 0.15) is 44.7 Å². The van der Waals surface area contributed by atoms with E-state index in [1.807, 2.05) is 31.2 Å². The highest BCUT2D eigenvalue weighted by atomic mass is 32.1. The van der Waals surface area contributed by atoms with Gasteiger partial charge in [0.25, 0.3) is 0 Å². The number of terminal acetylenes is 1. The van der Waals surface area contributed by atoms with Gasteiger partial charge >= 0.3 is 0 Å². The number of rotatable bonds is 11. The molecule has 1 fully saturated rings. The maximum atomic E-state index is 6.73. The van der Waals surface area contributed by atoms with Crippen LogP contribution in [0.25, 0.3) is 11.1 Å². The Labute approximate surface area is 255 Å². The van der Waals surface area contributed by atoms with Crippen LogP contribution in [0.5, 0.6) is 0 Å². The average Bonchev–Trinajstić information content (AvgIpc) is 3.02. The predicted octanol–water partition coefficient (Wildman–Crippen LogP) is 8.91. The molecule has 0 aliphatic carbocycles. The summed E-state index contributed by atoms with van der Waals surface area (Å²) >= 11 is 4.41. The van der Waals surface area contributed by atoms with Crippen LogP contribution in [0.2, 0.25) is 0 Å². The van der Waals surface area contributed by atoms with E-state index in [9.17, 15) is 0 Å². The first-order valence-corrected chi connectivity index (χ1v) is 14.4. The normalized spacial score (nSPS) is 14.9. The number of ether oxygens (including phenoxy) is 1. The number of thiol groups is 1. The molecule has 4 heteroatoms. The standard InChI is InChI=1S/C33H40N2OS.2C2H4/c1-7-27-11-10-12-29(21-27)28-13-15-30(16-14-28)33(17-19-35(20-18-33)23-25(4)5)36-24-26(6)34-31(8-2)22-32(37)9-3;2*1-2/h1,8-16,21-22,25,34,37H,3,6,17-20,23-24H2,2,4-5H3;2*1-2H2/b31-8+,32-22+;;. The molecule has 0 unspecified atom stereocenters. The number of benzene rings is 2. The highest BCUT2D eigenvalue weighted by Crippen LogP contribution is 2.38. The van der Waals surface area contributed by atoms with E-state index in [0.29, 0.717) is 12.5 Å². The summed E-state index contributed by atoms with van der Waals surface area (Å²) in [6, 6.07) is 16.9. The number of nitrogens with one attached hydrogen (secondary N) is 1. The third-order valence-corrected chi connectivity index (χ3v) is 7.04. The lowest BCUT2D eigenvalue weighted by molar-refractivity contribution is -0.0829. The van der Waals surface area contributed by atoms with Gasteiger partial charge in [-0.3, -0.25) is 0 Å². The van der Waals surface area contributed by atoms with Gasteiger partial charge in [0.15, 0.2) is 0 Å². The van der Waals surface area contributed by atoms with Crippen LogP contribution in [0.3, 0.4) is 0 Å². The summed E-state index contributed by atoms with van der Waals surface area (Å²) in [6.07, 6.45) is 13.1. The van der Waals surface area contributed by atoms with Gasteiger partial charge in [0, 0.05) is 41.5 Å². The molecule has 0 saturated carbocycles. The summed E-state index contributed by atoms with van der Waals surface area (Å²) in [5.74, 6) is 3.37. The van der Waals surface area contributed by atoms with Gasteiger partial charge < -0.3 is 15.0 Å². The molecule has 2 aromatic carbocycles. The van der Waals surface area contributed by atoms with Crippen molar-refractivity contribution < 1.29 is 4.74 Å². The van der Waals surface area contributed by atoms with Gasteiger partial charge in [-0.15, -0.1) is 45.4 Å². The van der Waals surface area contributed by atoms with Gasteiger partial charge in [-0.2, -0.15) is 0 Å². The lowest BCUT2D eigenvalue weighted by atomic mass is 9.83. The van der Waals surface area contributed by atoms with Gasteiger partial charge in [0.1, 0.15) is 0 Å². The number of hydrogen-bond acceptors (Lipinski definition) is 4. The zero-order chi connectivity index (χ0) is 30.8. The quantitative estimate of drug-likeness (QED) is 0.123. The van der Waals surface area contributed by atoms with Crippen LogP contribution in [-0.4, -0.2) is 31.1 Å². The number of allylic oxidation sites excluding steroid dienone is 3. The van der Waals surface area contributed by atoms with E-state index in [0.717, 1.165) is 65.5 Å². The summed E-state index contributed by atoms with van der Waals surface area (Å²) in [6.45, 7) is 30.1. The summed E-state index contributed by atoms with van der Waals surface area (Å²) in [5, 5.41) is 3.36. The van der Waals surface area contributed by atoms with Crippen molar-refractivity contribution in [3.63, 3.8) is 0 Å². The number of nitrogens with zero attached hydrogens (tertiary/aromatic N) is 1. The van der Waals surface area contributed by atoms with Crippen molar-refractivity contribution in [2.24, 2.45) is 5.92 Å². The summed E-state index contributed by atoms with van der Waals surface area (Å²) in [5.41, 5.74) is 5.72. The van der Waals surface area contributed by atoms with E-state index < -0.39 is 0 Å². The largest absolute Gasteiger partial charge is 0.364 e. The van der Waals surface area contributed by atoms with Crippen molar-refractivity contribution in [1.82, 2.24) is 10.2 Å². The third kappa shape index (κ3) is 11.1. The van der Waals surface area contributed by atoms with Crippen molar-refractivity contribution in [2.45, 2.75) is 39.2 Å². The highest BCUT2D eigenvalue weighted by molar-refractivity contribution is 7.84. The lowest BCUT2D eigenvalue weighted by Crippen LogP contribution is -2.45. The Morgan fingerprint density at radius 3 is 2.27 bits per heavy atom. The topological polar surface area (TPSA) is 24.5 Å². The second kappa shape index (κ2) is 18.8. The molecular formula is C37H48N2OS. The molecule has 41 heavy (non-hydrogen) atoms. The predicted molar refractivity (Wildman–Crippen MR) is 184 cm³/mol. The molecule has 1 saturated heterocycles. The fraction of sp³-hybridized carbons (Fsp3) is 0.297. The Morgan fingerprint density at radius 1 is 1.10 bits per heavy atom. The Balaban J connectivity index is 0.00000201. The number of hydrogen-bond donors (Lipinski definition) is 2. The van der Waals surface area contributed by atoms with Crippen molar-refractivity contribution in [3.05, 3.63) is 134 Å². The molecule has 0 aromatic heterocycles. The summed E-state index contributed by atoms with van der Waals surface area (Å²) in [4.78, 5) is 3.34. The first kappa shape index (κ1) is 35.5. The molecule has 1 N–H and O–H groups in total. The molecule has 0 amide bonds. The Morgan fingerprint density at radius 2 is 1.73 bits per heavy atom. The maximum absolute atomic E-state index is 6.73. The minimum Gasteiger partial charge on any atom is -0.364 e. The second-order valence-electron chi connectivity index (χ2n) is 10.0. The van der Waals surface area contributed by atoms with E-state index in [1.165, 1.54) is 5.56 Å². The SMILES string of the molecule is C#Cc1cccc(-c2ccc(C3(OCC(=C)NC(/C=C(/S)C=C)=C/C)CCN(CC(C)C)CC3)cc2)c1.C=C.C=C. The fourth-order valence-electron chi connectivity index (χ4n) is 4.76. The molecule has 1 heterocycles. The van der Waals surface area contributed by atoms with E-state index in [-0.39, 0.29) is 5.60 Å². The van der Waals surface area contributed by atoms with Crippen LogP contribution in [0, 0.1) is 18.3 Å². The monoisotopic (exact) mass is 568 g/mol. The van der Waals surface area contributed by atoms with Crippen LogP contribution in [-0.2, 0) is 10.3 Å². The first-order chi connectivity index (χ1) is 19.8. The minimum atomic E-state index is -0.362. The van der Waals surface area contributed by atoms with Gasteiger partial charge in [-0.1, -0.05) is 81.5 Å². The summed E-state index contributed by atoms with van der Waals surface area (Å²) < 4.78 is 6.73. The zero-order valence-corrected chi connectivity index (χ0v) is 26.2. The number of likely N-dealkylation sites (tertiary alicyclic amines) is 1. The molecule has 218 valence electrons. The Bertz CT molecular complexity index is 1210. The van der Waals surface area contributed by atoms with Crippen molar-refractivity contribution >= 4 is 12.6 Å². The molecule has 3 nitrogen and oxygen atoms in total. The van der Waals surface area contributed by atoms with Crippen LogP contribution in [0.4, 0.5) is 0 Å². The van der Waals surface area contributed by atoms with Gasteiger partial charge in [-0.05, 0) is 60.6 Å². The highest BCUT2D eigenvalue weighted by Gasteiger charge is 2.37. The molecule has 2 aromatic rings. The first-order valence-electron chi connectivity index (χ1n) is 14.0. The maximum Gasteiger partial charge on any atom is 0.0961 e. The molecule has 0 spiro atoms. The van der Waals surface area contributed by atoms with Gasteiger partial charge in [-0.25, -0.2) is 0 Å². The third-order valence-electron chi connectivity index (χ3n) is 6.73. The smallest absolute Gasteiger partial charge is 0.0961 e. The fourth-order valence-corrected chi connectivity index (χ4v) is 4.90. The van der Waals surface area contributed by atoms with E-state index in [1.54, 1.807) is 6.08 Å². The molecule has 0 atom stereocenters. The number of piperidine rings is 1. The van der Waals surface area contributed by atoms with E-state index in [4.69, 9.17) is 11.2 Å². The lowest BCUT2D eigenvalue weighted by Gasteiger charge is -2.43. The molecular weight excluding hydrogens is 520 g/mol. The Kier molecular flexibility index (Phi) is 16.3. The van der Waals surface area contributed by atoms with E-state index >= 15 is 0 Å². The second-order valence-corrected chi connectivity index (χ2v) is 10.5. The van der Waals surface area contributed by atoms with Crippen LogP contribution >= 0.6 is 12.6 Å². The minimum absolute atomic E-state index is 0.362. The molecule has 1 aliphatic rings. The van der Waals surface area contributed by atoms with Gasteiger partial charge in [0.2, 0.25) is 0 Å².